The molecule has 2 amide bonds. The van der Waals surface area contributed by atoms with Crippen molar-refractivity contribution in [2.75, 3.05) is 24.7 Å². The molecule has 1 aromatic rings. The number of sulfone groups is 1. The number of aryl methyl sites for hydroxylation is 1. The van der Waals surface area contributed by atoms with Crippen LogP contribution in [0.5, 0.6) is 0 Å². The van der Waals surface area contributed by atoms with Crippen LogP contribution in [0.3, 0.4) is 0 Å². The van der Waals surface area contributed by atoms with E-state index in [0.29, 0.717) is 17.5 Å². The molecule has 1 aliphatic rings. The zero-order chi connectivity index (χ0) is 16.5. The highest BCUT2D eigenvalue weighted by molar-refractivity contribution is 7.90. The van der Waals surface area contributed by atoms with Gasteiger partial charge in [0.2, 0.25) is 0 Å². The SMILES string of the molecule is Cc1ccc(S(C)(=O)=O)cc1NC(=O)N1C[C@@H](C)C[C@H](C)C1. The van der Waals surface area contributed by atoms with Gasteiger partial charge in [-0.25, -0.2) is 13.2 Å². The predicted molar refractivity (Wildman–Crippen MR) is 87.8 cm³/mol. The number of carbonyl (C=O) groups is 1. The number of carbonyl (C=O) groups excluding carboxylic acids is 1. The maximum absolute atomic E-state index is 12.4. The van der Waals surface area contributed by atoms with Crippen LogP contribution in [-0.2, 0) is 9.84 Å². The normalized spacial score (nSPS) is 22.5. The molecule has 1 aromatic carbocycles. The molecule has 0 bridgehead atoms. The van der Waals surface area contributed by atoms with E-state index in [0.717, 1.165) is 31.3 Å². The standard InChI is InChI=1S/C16H24N2O3S/c1-11-7-12(2)10-18(9-11)16(19)17-15-8-14(22(4,20)21)6-5-13(15)3/h5-6,8,11-12H,7,9-10H2,1-4H3,(H,17,19)/t11-,12-/m0/s1. The minimum Gasteiger partial charge on any atom is -0.324 e. The molecule has 1 saturated heterocycles. The highest BCUT2D eigenvalue weighted by Crippen LogP contribution is 2.24. The van der Waals surface area contributed by atoms with E-state index in [1.165, 1.54) is 6.07 Å². The van der Waals surface area contributed by atoms with Crippen molar-refractivity contribution in [2.24, 2.45) is 11.8 Å². The number of nitrogens with one attached hydrogen (secondary N) is 1. The Morgan fingerprint density at radius 2 is 1.82 bits per heavy atom. The molecule has 5 nitrogen and oxygen atoms in total. The van der Waals surface area contributed by atoms with Gasteiger partial charge in [0.15, 0.2) is 9.84 Å². The zero-order valence-electron chi connectivity index (χ0n) is 13.6. The average molecular weight is 324 g/mol. The van der Waals surface area contributed by atoms with E-state index in [-0.39, 0.29) is 10.9 Å². The molecule has 0 spiro atoms. The third-order valence-electron chi connectivity index (χ3n) is 4.03. The average Bonchev–Trinajstić information content (AvgIpc) is 2.38. The predicted octanol–water partition coefficient (Wildman–Crippen LogP) is 2.91. The first kappa shape index (κ1) is 16.8. The van der Waals surface area contributed by atoms with Gasteiger partial charge in [-0.15, -0.1) is 0 Å². The number of likely N-dealkylation sites (tertiary alicyclic amines) is 1. The molecule has 0 aromatic heterocycles. The summed E-state index contributed by atoms with van der Waals surface area (Å²) in [5.74, 6) is 0.968. The molecule has 0 unspecified atom stereocenters. The van der Waals surface area contributed by atoms with E-state index in [9.17, 15) is 13.2 Å². The summed E-state index contributed by atoms with van der Waals surface area (Å²) in [7, 11) is -3.29. The van der Waals surface area contributed by atoms with Crippen LogP contribution in [0.4, 0.5) is 10.5 Å². The maximum Gasteiger partial charge on any atom is 0.321 e. The van der Waals surface area contributed by atoms with Crippen molar-refractivity contribution in [1.29, 1.82) is 0 Å². The summed E-state index contributed by atoms with van der Waals surface area (Å²) >= 11 is 0. The smallest absolute Gasteiger partial charge is 0.321 e. The molecular formula is C16H24N2O3S. The summed E-state index contributed by atoms with van der Waals surface area (Å²) in [6, 6.07) is 4.64. The van der Waals surface area contributed by atoms with Gasteiger partial charge >= 0.3 is 6.03 Å². The molecule has 6 heteroatoms. The second-order valence-corrected chi connectivity index (χ2v) is 8.55. The molecule has 122 valence electrons. The van der Waals surface area contributed by atoms with Crippen molar-refractivity contribution in [3.63, 3.8) is 0 Å². The molecule has 0 saturated carbocycles. The molecule has 2 rings (SSSR count). The molecule has 0 aliphatic carbocycles. The minimum absolute atomic E-state index is 0.160. The Kier molecular flexibility index (Phi) is 4.80. The van der Waals surface area contributed by atoms with Crippen molar-refractivity contribution in [2.45, 2.75) is 32.1 Å². The lowest BCUT2D eigenvalue weighted by atomic mass is 9.92. The summed E-state index contributed by atoms with van der Waals surface area (Å²) in [4.78, 5) is 14.5. The second kappa shape index (κ2) is 6.28. The number of urea groups is 1. The minimum atomic E-state index is -3.29. The number of hydrogen-bond acceptors (Lipinski definition) is 3. The van der Waals surface area contributed by atoms with Crippen molar-refractivity contribution in [3.8, 4) is 0 Å². The molecule has 22 heavy (non-hydrogen) atoms. The fraction of sp³-hybridized carbons (Fsp3) is 0.562. The first-order chi connectivity index (χ1) is 10.2. The van der Waals surface area contributed by atoms with E-state index in [4.69, 9.17) is 0 Å². The quantitative estimate of drug-likeness (QED) is 0.909. The summed E-state index contributed by atoms with van der Waals surface area (Å²) < 4.78 is 23.3. The Morgan fingerprint density at radius 3 is 2.36 bits per heavy atom. The third kappa shape index (κ3) is 4.00. The van der Waals surface area contributed by atoms with Gasteiger partial charge in [0.05, 0.1) is 4.90 Å². The van der Waals surface area contributed by atoms with Crippen LogP contribution < -0.4 is 5.32 Å². The van der Waals surface area contributed by atoms with Gasteiger partial charge in [-0.2, -0.15) is 0 Å². The maximum atomic E-state index is 12.4. The molecule has 0 radical (unpaired) electrons. The number of nitrogens with zero attached hydrogens (tertiary/aromatic N) is 1. The Bertz CT molecular complexity index is 660. The van der Waals surface area contributed by atoms with Crippen molar-refractivity contribution in [1.82, 2.24) is 4.90 Å². The molecular weight excluding hydrogens is 300 g/mol. The topological polar surface area (TPSA) is 66.5 Å². The van der Waals surface area contributed by atoms with Gasteiger partial charge in [-0.3, -0.25) is 0 Å². The summed E-state index contributed by atoms with van der Waals surface area (Å²) in [5, 5.41) is 2.86. The Balaban J connectivity index is 2.18. The number of piperidine rings is 1. The van der Waals surface area contributed by atoms with Crippen molar-refractivity contribution >= 4 is 21.6 Å². The van der Waals surface area contributed by atoms with Gasteiger partial charge in [0.1, 0.15) is 0 Å². The molecule has 1 aliphatic heterocycles. The van der Waals surface area contributed by atoms with Crippen LogP contribution in [0.1, 0.15) is 25.8 Å². The van der Waals surface area contributed by atoms with E-state index in [2.05, 4.69) is 19.2 Å². The van der Waals surface area contributed by atoms with Crippen molar-refractivity contribution < 1.29 is 13.2 Å². The number of hydrogen-bond donors (Lipinski definition) is 1. The largest absolute Gasteiger partial charge is 0.324 e. The van der Waals surface area contributed by atoms with Gasteiger partial charge in [0.25, 0.3) is 0 Å². The van der Waals surface area contributed by atoms with Gasteiger partial charge in [-0.1, -0.05) is 19.9 Å². The highest BCUT2D eigenvalue weighted by Gasteiger charge is 2.25. The Morgan fingerprint density at radius 1 is 1.23 bits per heavy atom. The molecule has 2 atom stereocenters. The van der Waals surface area contributed by atoms with Crippen molar-refractivity contribution in [3.05, 3.63) is 23.8 Å². The fourth-order valence-corrected chi connectivity index (χ4v) is 3.64. The second-order valence-electron chi connectivity index (χ2n) is 6.53. The van der Waals surface area contributed by atoms with E-state index >= 15 is 0 Å². The van der Waals surface area contributed by atoms with Crippen LogP contribution >= 0.6 is 0 Å². The third-order valence-corrected chi connectivity index (χ3v) is 5.15. The number of rotatable bonds is 2. The summed E-state index contributed by atoms with van der Waals surface area (Å²) in [5.41, 5.74) is 1.40. The van der Waals surface area contributed by atoms with Crippen LogP contribution in [0.25, 0.3) is 0 Å². The van der Waals surface area contributed by atoms with Gasteiger partial charge in [-0.05, 0) is 42.9 Å². The number of benzene rings is 1. The first-order valence-corrected chi connectivity index (χ1v) is 9.42. The molecule has 1 heterocycles. The first-order valence-electron chi connectivity index (χ1n) is 7.53. The Labute approximate surface area is 132 Å². The monoisotopic (exact) mass is 324 g/mol. The number of anilines is 1. The fourth-order valence-electron chi connectivity index (χ4n) is 2.99. The lowest BCUT2D eigenvalue weighted by molar-refractivity contribution is 0.156. The van der Waals surface area contributed by atoms with E-state index < -0.39 is 9.84 Å². The van der Waals surface area contributed by atoms with Crippen LogP contribution in [0, 0.1) is 18.8 Å². The molecule has 1 N–H and O–H groups in total. The molecule has 1 fully saturated rings. The van der Waals surface area contributed by atoms with Crippen LogP contribution in [-0.4, -0.2) is 38.7 Å². The summed E-state index contributed by atoms with van der Waals surface area (Å²) in [6.07, 6.45) is 2.30. The number of amides is 2. The van der Waals surface area contributed by atoms with E-state index in [1.54, 1.807) is 12.1 Å². The van der Waals surface area contributed by atoms with Gasteiger partial charge < -0.3 is 10.2 Å². The van der Waals surface area contributed by atoms with Gasteiger partial charge in [0, 0.05) is 25.0 Å². The van der Waals surface area contributed by atoms with Crippen LogP contribution in [0.15, 0.2) is 23.1 Å². The highest BCUT2D eigenvalue weighted by atomic mass is 32.2. The summed E-state index contributed by atoms with van der Waals surface area (Å²) in [6.45, 7) is 7.61. The van der Waals surface area contributed by atoms with Crippen LogP contribution in [0.2, 0.25) is 0 Å². The Hall–Kier alpha value is -1.56. The van der Waals surface area contributed by atoms with E-state index in [1.807, 2.05) is 11.8 Å². The zero-order valence-corrected chi connectivity index (χ0v) is 14.4. The lowest BCUT2D eigenvalue weighted by Crippen LogP contribution is -2.44. The lowest BCUT2D eigenvalue weighted by Gasteiger charge is -2.35.